The lowest BCUT2D eigenvalue weighted by atomic mass is 9.74. The van der Waals surface area contributed by atoms with Crippen LogP contribution < -0.4 is 5.32 Å². The van der Waals surface area contributed by atoms with Crippen molar-refractivity contribution >= 4 is 0 Å². The molecule has 0 atom stereocenters. The van der Waals surface area contributed by atoms with Gasteiger partial charge in [-0.25, -0.2) is 4.98 Å². The molecule has 1 saturated carbocycles. The van der Waals surface area contributed by atoms with Crippen LogP contribution in [0.4, 0.5) is 0 Å². The van der Waals surface area contributed by atoms with Gasteiger partial charge in [-0.3, -0.25) is 0 Å². The van der Waals surface area contributed by atoms with Crippen LogP contribution >= 0.6 is 0 Å². The molecule has 0 aliphatic heterocycles. The highest BCUT2D eigenvalue weighted by molar-refractivity contribution is 5.31. The summed E-state index contributed by atoms with van der Waals surface area (Å²) in [6, 6.07) is 9.31. The van der Waals surface area contributed by atoms with Crippen LogP contribution in [-0.4, -0.2) is 11.0 Å². The Morgan fingerprint density at radius 2 is 1.95 bits per heavy atom. The van der Waals surface area contributed by atoms with E-state index in [1.807, 2.05) is 13.8 Å². The number of oxazole rings is 1. The maximum atomic E-state index is 5.59. The van der Waals surface area contributed by atoms with Gasteiger partial charge in [0, 0.05) is 6.04 Å². The molecule has 0 unspecified atom stereocenters. The highest BCUT2D eigenvalue weighted by atomic mass is 16.4. The summed E-state index contributed by atoms with van der Waals surface area (Å²) in [7, 11) is 0. The lowest BCUT2D eigenvalue weighted by molar-refractivity contribution is 0.278. The number of nitrogens with one attached hydrogen (secondary N) is 1. The van der Waals surface area contributed by atoms with Crippen molar-refractivity contribution in [2.75, 3.05) is 0 Å². The van der Waals surface area contributed by atoms with Crippen molar-refractivity contribution in [1.82, 2.24) is 10.3 Å². The Morgan fingerprint density at radius 1 is 1.20 bits per heavy atom. The minimum absolute atomic E-state index is 0.590. The van der Waals surface area contributed by atoms with Crippen LogP contribution in [0.3, 0.4) is 0 Å². The lowest BCUT2D eigenvalue weighted by Gasteiger charge is -2.37. The topological polar surface area (TPSA) is 38.1 Å². The minimum Gasteiger partial charge on any atom is -0.444 e. The Kier molecular flexibility index (Phi) is 3.62. The number of benzene rings is 1. The van der Waals surface area contributed by atoms with Crippen LogP contribution in [-0.2, 0) is 6.54 Å². The van der Waals surface area contributed by atoms with Gasteiger partial charge in [0.2, 0.25) is 5.89 Å². The summed E-state index contributed by atoms with van der Waals surface area (Å²) in [6.45, 7) is 6.89. The second-order valence-electron chi connectivity index (χ2n) is 5.85. The van der Waals surface area contributed by atoms with Crippen molar-refractivity contribution in [2.24, 2.45) is 0 Å². The van der Waals surface area contributed by atoms with E-state index in [-0.39, 0.29) is 0 Å². The zero-order chi connectivity index (χ0) is 14.1. The van der Waals surface area contributed by atoms with Crippen LogP contribution in [0.25, 0.3) is 0 Å². The smallest absolute Gasteiger partial charge is 0.208 e. The fourth-order valence-corrected chi connectivity index (χ4v) is 2.93. The van der Waals surface area contributed by atoms with Crippen LogP contribution in [0, 0.1) is 20.8 Å². The molecule has 20 heavy (non-hydrogen) atoms. The molecular weight excluding hydrogens is 248 g/mol. The van der Waals surface area contributed by atoms with E-state index in [4.69, 9.17) is 4.42 Å². The van der Waals surface area contributed by atoms with Gasteiger partial charge in [0.15, 0.2) is 0 Å². The molecule has 1 heterocycles. The van der Waals surface area contributed by atoms with E-state index < -0.39 is 0 Å². The third-order valence-corrected chi connectivity index (χ3v) is 4.38. The average Bonchev–Trinajstić information content (AvgIpc) is 2.69. The predicted octanol–water partition coefficient (Wildman–Crippen LogP) is 3.64. The van der Waals surface area contributed by atoms with Crippen LogP contribution in [0.2, 0.25) is 0 Å². The molecule has 1 fully saturated rings. The number of hydrogen-bond donors (Lipinski definition) is 1. The molecule has 0 bridgehead atoms. The van der Waals surface area contributed by atoms with Crippen molar-refractivity contribution in [3.8, 4) is 0 Å². The van der Waals surface area contributed by atoms with Crippen molar-refractivity contribution in [2.45, 2.75) is 52.1 Å². The molecule has 1 aromatic carbocycles. The Labute approximate surface area is 120 Å². The van der Waals surface area contributed by atoms with Gasteiger partial charge in [0.05, 0.1) is 12.2 Å². The van der Waals surface area contributed by atoms with Crippen molar-refractivity contribution in [1.29, 1.82) is 0 Å². The number of hydrogen-bond acceptors (Lipinski definition) is 3. The van der Waals surface area contributed by atoms with Gasteiger partial charge in [-0.15, -0.1) is 0 Å². The van der Waals surface area contributed by atoms with Gasteiger partial charge in [-0.2, -0.15) is 0 Å². The first-order valence-electron chi connectivity index (χ1n) is 7.35. The fraction of sp³-hybridized carbons (Fsp3) is 0.471. The monoisotopic (exact) mass is 270 g/mol. The predicted molar refractivity (Wildman–Crippen MR) is 79.8 cm³/mol. The first kappa shape index (κ1) is 13.4. The zero-order valence-corrected chi connectivity index (χ0v) is 12.4. The Bertz CT molecular complexity index is 577. The summed E-state index contributed by atoms with van der Waals surface area (Å²) in [6.07, 6.45) is 2.42. The molecule has 0 spiro atoms. The normalized spacial score (nSPS) is 21.8. The summed E-state index contributed by atoms with van der Waals surface area (Å²) < 4.78 is 5.59. The first-order chi connectivity index (χ1) is 9.63. The van der Waals surface area contributed by atoms with E-state index in [1.54, 1.807) is 0 Å². The van der Waals surface area contributed by atoms with Crippen molar-refractivity contribution in [3.05, 3.63) is 52.7 Å². The second-order valence-corrected chi connectivity index (χ2v) is 5.85. The molecule has 1 aliphatic rings. The molecule has 0 radical (unpaired) electrons. The van der Waals surface area contributed by atoms with Crippen molar-refractivity contribution in [3.63, 3.8) is 0 Å². The molecule has 1 aromatic heterocycles. The summed E-state index contributed by atoms with van der Waals surface area (Å²) in [5, 5.41) is 3.54. The van der Waals surface area contributed by atoms with E-state index in [0.717, 1.165) is 23.9 Å². The lowest BCUT2D eigenvalue weighted by Crippen LogP contribution is -2.39. The summed E-state index contributed by atoms with van der Waals surface area (Å²) in [5.74, 6) is 2.44. The summed E-state index contributed by atoms with van der Waals surface area (Å²) in [5.41, 5.74) is 3.91. The molecule has 3 rings (SSSR count). The standard InChI is InChI=1S/C17H22N2O/c1-11-6-4-5-7-16(11)14-8-15(9-14)18-10-17-19-12(2)13(3)20-17/h4-7,14-15,18H,8-10H2,1-3H3. The second kappa shape index (κ2) is 5.41. The summed E-state index contributed by atoms with van der Waals surface area (Å²) >= 11 is 0. The van der Waals surface area contributed by atoms with Crippen LogP contribution in [0.1, 0.15) is 47.2 Å². The van der Waals surface area contributed by atoms with E-state index in [9.17, 15) is 0 Å². The average molecular weight is 270 g/mol. The Morgan fingerprint density at radius 3 is 2.60 bits per heavy atom. The molecular formula is C17H22N2O. The first-order valence-corrected chi connectivity index (χ1v) is 7.35. The fourth-order valence-electron chi connectivity index (χ4n) is 2.93. The van der Waals surface area contributed by atoms with Crippen LogP contribution in [0.15, 0.2) is 28.7 Å². The quantitative estimate of drug-likeness (QED) is 0.921. The third kappa shape index (κ3) is 2.63. The van der Waals surface area contributed by atoms with Crippen molar-refractivity contribution < 1.29 is 4.42 Å². The molecule has 1 aliphatic carbocycles. The van der Waals surface area contributed by atoms with E-state index >= 15 is 0 Å². The molecule has 1 N–H and O–H groups in total. The number of aromatic nitrogens is 1. The number of aryl methyl sites for hydroxylation is 3. The van der Waals surface area contributed by atoms with Gasteiger partial charge in [0.1, 0.15) is 5.76 Å². The van der Waals surface area contributed by atoms with Gasteiger partial charge >= 0.3 is 0 Å². The van der Waals surface area contributed by atoms with E-state index in [1.165, 1.54) is 24.0 Å². The molecule has 3 heteroatoms. The van der Waals surface area contributed by atoms with Gasteiger partial charge in [-0.1, -0.05) is 24.3 Å². The minimum atomic E-state index is 0.590. The van der Waals surface area contributed by atoms with E-state index in [0.29, 0.717) is 12.0 Å². The largest absolute Gasteiger partial charge is 0.444 e. The number of rotatable bonds is 4. The summed E-state index contributed by atoms with van der Waals surface area (Å²) in [4.78, 5) is 4.40. The van der Waals surface area contributed by atoms with Gasteiger partial charge in [-0.05, 0) is 50.7 Å². The Balaban J connectivity index is 1.50. The molecule has 3 nitrogen and oxygen atoms in total. The molecule has 0 saturated heterocycles. The maximum absolute atomic E-state index is 5.59. The molecule has 2 aromatic rings. The maximum Gasteiger partial charge on any atom is 0.208 e. The zero-order valence-electron chi connectivity index (χ0n) is 12.4. The Hall–Kier alpha value is -1.61. The van der Waals surface area contributed by atoms with Gasteiger partial charge in [0.25, 0.3) is 0 Å². The highest BCUT2D eigenvalue weighted by Gasteiger charge is 2.30. The molecule has 106 valence electrons. The molecule has 0 amide bonds. The number of nitrogens with zero attached hydrogens (tertiary/aromatic N) is 1. The highest BCUT2D eigenvalue weighted by Crippen LogP contribution is 2.38. The van der Waals surface area contributed by atoms with Crippen LogP contribution in [0.5, 0.6) is 0 Å². The SMILES string of the molecule is Cc1ccccc1C1CC(NCc2nc(C)c(C)o2)C1. The third-order valence-electron chi connectivity index (χ3n) is 4.38. The van der Waals surface area contributed by atoms with Gasteiger partial charge < -0.3 is 9.73 Å². The van der Waals surface area contributed by atoms with E-state index in [2.05, 4.69) is 41.5 Å².